The smallest absolute Gasteiger partial charge is 0.324 e. The molecule has 0 saturated heterocycles. The molecule has 0 aliphatic heterocycles. The molecule has 0 atom stereocenters. The molecule has 94 valence electrons. The van der Waals surface area contributed by atoms with E-state index in [0.29, 0.717) is 11.9 Å². The van der Waals surface area contributed by atoms with Crippen LogP contribution in [0.3, 0.4) is 0 Å². The summed E-state index contributed by atoms with van der Waals surface area (Å²) < 4.78 is 37.3. The van der Waals surface area contributed by atoms with Gasteiger partial charge in [-0.2, -0.15) is 13.2 Å². The van der Waals surface area contributed by atoms with Gasteiger partial charge in [-0.15, -0.1) is 0 Å². The Bertz CT molecular complexity index is 543. The lowest BCUT2D eigenvalue weighted by molar-refractivity contribution is -0.137. The molecule has 0 aliphatic carbocycles. The molecule has 3 nitrogen and oxygen atoms in total. The van der Waals surface area contributed by atoms with E-state index in [0.717, 1.165) is 0 Å². The van der Waals surface area contributed by atoms with Gasteiger partial charge in [-0.25, -0.2) is 9.97 Å². The SMILES string of the molecule is FC(F)(F)c1cnc(Nc2ccccc2)nc1Cl. The van der Waals surface area contributed by atoms with Gasteiger partial charge in [-0.3, -0.25) is 0 Å². The average Bonchev–Trinajstić information content (AvgIpc) is 2.28. The van der Waals surface area contributed by atoms with Crippen LogP contribution in [0.5, 0.6) is 0 Å². The van der Waals surface area contributed by atoms with Crippen molar-refractivity contribution in [3.8, 4) is 0 Å². The lowest BCUT2D eigenvalue weighted by Crippen LogP contribution is -2.09. The Hall–Kier alpha value is -1.82. The maximum absolute atomic E-state index is 12.4. The van der Waals surface area contributed by atoms with Gasteiger partial charge in [0, 0.05) is 11.9 Å². The van der Waals surface area contributed by atoms with Gasteiger partial charge in [-0.05, 0) is 12.1 Å². The van der Waals surface area contributed by atoms with Crippen LogP contribution in [0.2, 0.25) is 5.15 Å². The lowest BCUT2D eigenvalue weighted by Gasteiger charge is -2.09. The van der Waals surface area contributed by atoms with Crippen LogP contribution in [-0.4, -0.2) is 9.97 Å². The summed E-state index contributed by atoms with van der Waals surface area (Å²) in [6.45, 7) is 0. The predicted octanol–water partition coefficient (Wildman–Crippen LogP) is 3.89. The van der Waals surface area contributed by atoms with Crippen LogP contribution in [0.1, 0.15) is 5.56 Å². The minimum atomic E-state index is -4.55. The quantitative estimate of drug-likeness (QED) is 0.844. The minimum Gasteiger partial charge on any atom is -0.324 e. The van der Waals surface area contributed by atoms with Crippen molar-refractivity contribution in [1.82, 2.24) is 9.97 Å². The molecule has 0 unspecified atom stereocenters. The zero-order chi connectivity index (χ0) is 13.2. The number of rotatable bonds is 2. The number of hydrogen-bond acceptors (Lipinski definition) is 3. The van der Waals surface area contributed by atoms with E-state index in [2.05, 4.69) is 15.3 Å². The number of nitrogens with one attached hydrogen (secondary N) is 1. The van der Waals surface area contributed by atoms with Crippen molar-refractivity contribution in [2.24, 2.45) is 0 Å². The van der Waals surface area contributed by atoms with Crippen LogP contribution in [0.25, 0.3) is 0 Å². The molecule has 2 aromatic rings. The Morgan fingerprint density at radius 3 is 2.33 bits per heavy atom. The second-order valence-corrected chi connectivity index (χ2v) is 3.74. The zero-order valence-electron chi connectivity index (χ0n) is 8.87. The van der Waals surface area contributed by atoms with E-state index >= 15 is 0 Å². The van der Waals surface area contributed by atoms with Crippen molar-refractivity contribution in [2.75, 3.05) is 5.32 Å². The molecule has 0 amide bonds. The second kappa shape index (κ2) is 4.81. The van der Waals surface area contributed by atoms with Crippen molar-refractivity contribution in [2.45, 2.75) is 6.18 Å². The molecule has 2 rings (SSSR count). The summed E-state index contributed by atoms with van der Waals surface area (Å²) in [4.78, 5) is 7.13. The first kappa shape index (κ1) is 12.6. The van der Waals surface area contributed by atoms with Crippen LogP contribution in [-0.2, 0) is 6.18 Å². The monoisotopic (exact) mass is 273 g/mol. The molecule has 1 N–H and O–H groups in total. The second-order valence-electron chi connectivity index (χ2n) is 3.39. The number of halogens is 4. The van der Waals surface area contributed by atoms with Gasteiger partial charge >= 0.3 is 6.18 Å². The van der Waals surface area contributed by atoms with Crippen LogP contribution >= 0.6 is 11.6 Å². The molecule has 0 aliphatic rings. The molecule has 1 aromatic carbocycles. The van der Waals surface area contributed by atoms with E-state index < -0.39 is 16.9 Å². The van der Waals surface area contributed by atoms with E-state index in [1.165, 1.54) is 0 Å². The molecule has 0 bridgehead atoms. The molecular formula is C11H7ClF3N3. The molecule has 0 spiro atoms. The first-order chi connectivity index (χ1) is 8.47. The lowest BCUT2D eigenvalue weighted by atomic mass is 10.3. The summed E-state index contributed by atoms with van der Waals surface area (Å²) in [7, 11) is 0. The van der Waals surface area contributed by atoms with E-state index in [-0.39, 0.29) is 5.95 Å². The van der Waals surface area contributed by atoms with E-state index in [4.69, 9.17) is 11.6 Å². The number of hydrogen-bond donors (Lipinski definition) is 1. The largest absolute Gasteiger partial charge is 0.420 e. The fourth-order valence-electron chi connectivity index (χ4n) is 1.26. The van der Waals surface area contributed by atoms with E-state index in [1.54, 1.807) is 24.3 Å². The number of para-hydroxylation sites is 1. The van der Waals surface area contributed by atoms with Gasteiger partial charge in [0.2, 0.25) is 5.95 Å². The molecule has 7 heteroatoms. The number of anilines is 2. The van der Waals surface area contributed by atoms with Crippen molar-refractivity contribution in [1.29, 1.82) is 0 Å². The highest BCUT2D eigenvalue weighted by Crippen LogP contribution is 2.33. The third-order valence-corrected chi connectivity index (χ3v) is 2.37. The normalized spacial score (nSPS) is 11.3. The molecule has 0 saturated carbocycles. The Balaban J connectivity index is 2.25. The third-order valence-electron chi connectivity index (χ3n) is 2.08. The minimum absolute atomic E-state index is 0.0131. The van der Waals surface area contributed by atoms with Gasteiger partial charge in [0.25, 0.3) is 0 Å². The molecule has 1 heterocycles. The van der Waals surface area contributed by atoms with Crippen molar-refractivity contribution >= 4 is 23.2 Å². The Kier molecular flexibility index (Phi) is 3.38. The molecule has 18 heavy (non-hydrogen) atoms. The Morgan fingerprint density at radius 2 is 1.78 bits per heavy atom. The number of aromatic nitrogens is 2. The average molecular weight is 274 g/mol. The van der Waals surface area contributed by atoms with Crippen LogP contribution in [0.4, 0.5) is 24.8 Å². The zero-order valence-corrected chi connectivity index (χ0v) is 9.63. The number of nitrogens with zero attached hydrogens (tertiary/aromatic N) is 2. The molecular weight excluding hydrogens is 267 g/mol. The molecule has 1 aromatic heterocycles. The summed E-state index contributed by atoms with van der Waals surface area (Å²) in [5.74, 6) is 0.0131. The summed E-state index contributed by atoms with van der Waals surface area (Å²) in [5, 5.41) is 2.12. The highest BCUT2D eigenvalue weighted by molar-refractivity contribution is 6.30. The third kappa shape index (κ3) is 2.89. The van der Waals surface area contributed by atoms with Crippen LogP contribution in [0.15, 0.2) is 36.5 Å². The molecule has 0 radical (unpaired) electrons. The van der Waals surface area contributed by atoms with Crippen LogP contribution in [0, 0.1) is 0 Å². The highest BCUT2D eigenvalue weighted by Gasteiger charge is 2.34. The van der Waals surface area contributed by atoms with E-state index in [9.17, 15) is 13.2 Å². The first-order valence-electron chi connectivity index (χ1n) is 4.88. The summed E-state index contributed by atoms with van der Waals surface area (Å²) >= 11 is 5.47. The van der Waals surface area contributed by atoms with Crippen molar-refractivity contribution in [3.05, 3.63) is 47.2 Å². The standard InChI is InChI=1S/C11H7ClF3N3/c12-9-8(11(13,14)15)6-16-10(18-9)17-7-4-2-1-3-5-7/h1-6H,(H,16,17,18). The maximum atomic E-state index is 12.4. The first-order valence-corrected chi connectivity index (χ1v) is 5.26. The fraction of sp³-hybridized carbons (Fsp3) is 0.0909. The number of alkyl halides is 3. The van der Waals surface area contributed by atoms with Gasteiger partial charge in [0.1, 0.15) is 10.7 Å². The van der Waals surface area contributed by atoms with Gasteiger partial charge < -0.3 is 5.32 Å². The fourth-order valence-corrected chi connectivity index (χ4v) is 1.50. The highest BCUT2D eigenvalue weighted by atomic mass is 35.5. The van der Waals surface area contributed by atoms with Gasteiger partial charge in [-0.1, -0.05) is 29.8 Å². The summed E-state index contributed by atoms with van der Waals surface area (Å²) in [6, 6.07) is 8.82. The number of benzene rings is 1. The van der Waals surface area contributed by atoms with Gasteiger partial charge in [0.15, 0.2) is 0 Å². The molecule has 0 fully saturated rings. The van der Waals surface area contributed by atoms with Crippen molar-refractivity contribution in [3.63, 3.8) is 0 Å². The summed E-state index contributed by atoms with van der Waals surface area (Å²) in [6.07, 6.45) is -3.90. The summed E-state index contributed by atoms with van der Waals surface area (Å²) in [5.41, 5.74) is -0.392. The van der Waals surface area contributed by atoms with Crippen LogP contribution < -0.4 is 5.32 Å². The topological polar surface area (TPSA) is 37.8 Å². The Labute approximate surface area is 106 Å². The van der Waals surface area contributed by atoms with Gasteiger partial charge in [0.05, 0.1) is 0 Å². The van der Waals surface area contributed by atoms with Crippen molar-refractivity contribution < 1.29 is 13.2 Å². The predicted molar refractivity (Wildman–Crippen MR) is 61.8 cm³/mol. The Morgan fingerprint density at radius 1 is 1.11 bits per heavy atom. The van der Waals surface area contributed by atoms with E-state index in [1.807, 2.05) is 6.07 Å². The maximum Gasteiger partial charge on any atom is 0.420 e.